The first-order valence-corrected chi connectivity index (χ1v) is 7.79. The van der Waals surface area contributed by atoms with E-state index in [4.69, 9.17) is 0 Å². The summed E-state index contributed by atoms with van der Waals surface area (Å²) >= 11 is 0. The van der Waals surface area contributed by atoms with Crippen LogP contribution >= 0.6 is 0 Å². The summed E-state index contributed by atoms with van der Waals surface area (Å²) in [5.41, 5.74) is -0.220. The van der Waals surface area contributed by atoms with E-state index < -0.39 is 0 Å². The molecule has 2 unspecified atom stereocenters. The molecule has 1 aromatic heterocycles. The fourth-order valence-corrected chi connectivity index (χ4v) is 2.83. The van der Waals surface area contributed by atoms with Crippen molar-refractivity contribution in [3.8, 4) is 0 Å². The number of hydrogen-bond donors (Lipinski definition) is 3. The SMILES string of the molecule is CN(C)CCn1ccc(NC(=O)NC2CCCC2(C)CO)n1. The molecular formula is C15H27N5O2. The first-order valence-electron chi connectivity index (χ1n) is 7.79. The van der Waals surface area contributed by atoms with Crippen LogP contribution in [0.4, 0.5) is 10.6 Å². The Morgan fingerprint density at radius 3 is 3.05 bits per heavy atom. The summed E-state index contributed by atoms with van der Waals surface area (Å²) in [6, 6.07) is 1.53. The van der Waals surface area contributed by atoms with E-state index in [2.05, 4.69) is 20.6 Å². The second-order valence-corrected chi connectivity index (χ2v) is 6.62. The number of amides is 2. The maximum absolute atomic E-state index is 12.1. The number of anilines is 1. The number of likely N-dealkylation sites (N-methyl/N-ethyl adjacent to an activating group) is 1. The summed E-state index contributed by atoms with van der Waals surface area (Å²) in [5, 5.41) is 19.6. The zero-order valence-corrected chi connectivity index (χ0v) is 13.7. The van der Waals surface area contributed by atoms with Crippen LogP contribution < -0.4 is 10.6 Å². The highest BCUT2D eigenvalue weighted by atomic mass is 16.3. The minimum absolute atomic E-state index is 0.00771. The van der Waals surface area contributed by atoms with Gasteiger partial charge in [0.15, 0.2) is 5.82 Å². The van der Waals surface area contributed by atoms with Gasteiger partial charge in [0, 0.05) is 30.3 Å². The molecule has 2 amide bonds. The van der Waals surface area contributed by atoms with Gasteiger partial charge in [-0.25, -0.2) is 4.79 Å². The molecule has 2 rings (SSSR count). The number of carbonyl (C=O) groups is 1. The van der Waals surface area contributed by atoms with Crippen LogP contribution in [0.1, 0.15) is 26.2 Å². The molecule has 0 aliphatic heterocycles. The van der Waals surface area contributed by atoms with E-state index in [1.54, 1.807) is 6.07 Å². The molecule has 1 aromatic rings. The van der Waals surface area contributed by atoms with Gasteiger partial charge in [0.25, 0.3) is 0 Å². The third-order valence-corrected chi connectivity index (χ3v) is 4.41. The fraction of sp³-hybridized carbons (Fsp3) is 0.733. The summed E-state index contributed by atoms with van der Waals surface area (Å²) in [6.45, 7) is 3.78. The van der Waals surface area contributed by atoms with E-state index in [1.807, 2.05) is 31.9 Å². The standard InChI is InChI=1S/C15H27N5O2/c1-15(11-21)7-4-5-12(15)16-14(22)17-13-6-8-20(18-13)10-9-19(2)3/h6,8,12,21H,4-5,7,9-11H2,1-3H3,(H2,16,17,18,22). The van der Waals surface area contributed by atoms with Crippen molar-refractivity contribution in [2.45, 2.75) is 38.8 Å². The van der Waals surface area contributed by atoms with Gasteiger partial charge in [0.1, 0.15) is 0 Å². The van der Waals surface area contributed by atoms with Crippen molar-refractivity contribution in [1.29, 1.82) is 0 Å². The smallest absolute Gasteiger partial charge is 0.320 e. The molecule has 3 N–H and O–H groups in total. The van der Waals surface area contributed by atoms with Gasteiger partial charge in [0.05, 0.1) is 13.2 Å². The predicted octanol–water partition coefficient (Wildman–Crippen LogP) is 1.12. The monoisotopic (exact) mass is 309 g/mol. The van der Waals surface area contributed by atoms with Gasteiger partial charge in [-0.05, 0) is 26.9 Å². The molecule has 1 heterocycles. The van der Waals surface area contributed by atoms with E-state index in [1.165, 1.54) is 0 Å². The summed E-state index contributed by atoms with van der Waals surface area (Å²) in [4.78, 5) is 14.2. The highest BCUT2D eigenvalue weighted by Crippen LogP contribution is 2.37. The summed E-state index contributed by atoms with van der Waals surface area (Å²) < 4.78 is 1.81. The minimum Gasteiger partial charge on any atom is -0.396 e. The summed E-state index contributed by atoms with van der Waals surface area (Å²) in [7, 11) is 4.02. The normalized spacial score (nSPS) is 24.7. The van der Waals surface area contributed by atoms with Crippen molar-refractivity contribution in [2.75, 3.05) is 32.6 Å². The lowest BCUT2D eigenvalue weighted by molar-refractivity contribution is 0.122. The number of aliphatic hydroxyl groups is 1. The minimum atomic E-state index is -0.260. The number of rotatable bonds is 6. The molecule has 7 nitrogen and oxygen atoms in total. The first-order chi connectivity index (χ1) is 10.4. The third-order valence-electron chi connectivity index (χ3n) is 4.41. The molecule has 7 heteroatoms. The van der Waals surface area contributed by atoms with Gasteiger partial charge in [-0.1, -0.05) is 13.3 Å². The van der Waals surface area contributed by atoms with Crippen LogP contribution in [0.5, 0.6) is 0 Å². The predicted molar refractivity (Wildman–Crippen MR) is 85.8 cm³/mol. The number of urea groups is 1. The summed E-state index contributed by atoms with van der Waals surface area (Å²) in [6.07, 6.45) is 4.73. The van der Waals surface area contributed by atoms with Crippen LogP contribution in [0, 0.1) is 5.41 Å². The topological polar surface area (TPSA) is 82.4 Å². The van der Waals surface area contributed by atoms with Crippen LogP contribution in [0.25, 0.3) is 0 Å². The van der Waals surface area contributed by atoms with Crippen LogP contribution in [0.15, 0.2) is 12.3 Å². The number of nitrogens with zero attached hydrogens (tertiary/aromatic N) is 3. The Labute approximate surface area is 131 Å². The molecule has 1 aliphatic carbocycles. The Kier molecular flexibility index (Phi) is 5.42. The molecular weight excluding hydrogens is 282 g/mol. The van der Waals surface area contributed by atoms with Crippen molar-refractivity contribution in [3.63, 3.8) is 0 Å². The van der Waals surface area contributed by atoms with Gasteiger partial charge in [-0.2, -0.15) is 5.10 Å². The number of carbonyl (C=O) groups excluding carboxylic acids is 1. The molecule has 0 aromatic carbocycles. The molecule has 22 heavy (non-hydrogen) atoms. The fourth-order valence-electron chi connectivity index (χ4n) is 2.83. The molecule has 124 valence electrons. The Morgan fingerprint density at radius 1 is 1.59 bits per heavy atom. The lowest BCUT2D eigenvalue weighted by Gasteiger charge is -2.29. The van der Waals surface area contributed by atoms with Crippen molar-refractivity contribution in [2.24, 2.45) is 5.41 Å². The molecule has 0 bridgehead atoms. The average molecular weight is 309 g/mol. The number of aromatic nitrogens is 2. The lowest BCUT2D eigenvalue weighted by Crippen LogP contribution is -2.46. The van der Waals surface area contributed by atoms with E-state index >= 15 is 0 Å². The van der Waals surface area contributed by atoms with E-state index in [9.17, 15) is 9.90 Å². The summed E-state index contributed by atoms with van der Waals surface area (Å²) in [5.74, 6) is 0.542. The van der Waals surface area contributed by atoms with Crippen LogP contribution in [-0.4, -0.2) is 59.1 Å². The van der Waals surface area contributed by atoms with Crippen molar-refractivity contribution in [3.05, 3.63) is 12.3 Å². The van der Waals surface area contributed by atoms with Gasteiger partial charge < -0.3 is 15.3 Å². The average Bonchev–Trinajstić information content (AvgIpc) is 3.05. The van der Waals surface area contributed by atoms with Gasteiger partial charge >= 0.3 is 6.03 Å². The molecule has 1 saturated carbocycles. The van der Waals surface area contributed by atoms with Crippen LogP contribution in [-0.2, 0) is 6.54 Å². The molecule has 0 radical (unpaired) electrons. The quantitative estimate of drug-likeness (QED) is 0.735. The van der Waals surface area contributed by atoms with Gasteiger partial charge in [0.2, 0.25) is 0 Å². The van der Waals surface area contributed by atoms with Crippen LogP contribution in [0.2, 0.25) is 0 Å². The lowest BCUT2D eigenvalue weighted by atomic mass is 9.86. The highest BCUT2D eigenvalue weighted by Gasteiger charge is 2.39. The third kappa shape index (κ3) is 4.20. The molecule has 1 fully saturated rings. The number of hydrogen-bond acceptors (Lipinski definition) is 4. The maximum Gasteiger partial charge on any atom is 0.320 e. The molecule has 1 aliphatic rings. The van der Waals surface area contributed by atoms with Crippen LogP contribution in [0.3, 0.4) is 0 Å². The Hall–Kier alpha value is -1.60. The molecule has 0 saturated heterocycles. The van der Waals surface area contributed by atoms with Gasteiger partial charge in [-0.15, -0.1) is 0 Å². The largest absolute Gasteiger partial charge is 0.396 e. The first kappa shape index (κ1) is 16.8. The number of aliphatic hydroxyl groups excluding tert-OH is 1. The van der Waals surface area contributed by atoms with E-state index in [-0.39, 0.29) is 24.1 Å². The zero-order valence-electron chi connectivity index (χ0n) is 13.7. The van der Waals surface area contributed by atoms with Gasteiger partial charge in [-0.3, -0.25) is 10.00 Å². The van der Waals surface area contributed by atoms with Crippen molar-refractivity contribution in [1.82, 2.24) is 20.0 Å². The Bertz CT molecular complexity index is 502. The maximum atomic E-state index is 12.1. The van der Waals surface area contributed by atoms with E-state index in [0.29, 0.717) is 5.82 Å². The zero-order chi connectivity index (χ0) is 16.2. The Balaban J connectivity index is 1.84. The second kappa shape index (κ2) is 7.11. The van der Waals surface area contributed by atoms with Crippen molar-refractivity contribution >= 4 is 11.8 Å². The number of nitrogens with one attached hydrogen (secondary N) is 2. The second-order valence-electron chi connectivity index (χ2n) is 6.62. The molecule has 0 spiro atoms. The van der Waals surface area contributed by atoms with E-state index in [0.717, 1.165) is 32.4 Å². The van der Waals surface area contributed by atoms with Crippen molar-refractivity contribution < 1.29 is 9.90 Å². The Morgan fingerprint density at radius 2 is 2.36 bits per heavy atom. The highest BCUT2D eigenvalue weighted by molar-refractivity contribution is 5.88. The molecule has 2 atom stereocenters.